The van der Waals surface area contributed by atoms with Gasteiger partial charge in [-0.15, -0.1) is 0 Å². The summed E-state index contributed by atoms with van der Waals surface area (Å²) in [6.45, 7) is 8.37. The molecule has 0 saturated heterocycles. The van der Waals surface area contributed by atoms with Crippen molar-refractivity contribution in [3.8, 4) is 11.1 Å². The minimum absolute atomic E-state index is 0.0247. The van der Waals surface area contributed by atoms with Crippen LogP contribution in [-0.2, 0) is 5.60 Å². The summed E-state index contributed by atoms with van der Waals surface area (Å²) >= 11 is 0. The molecule has 1 unspecified atom stereocenters. The Labute approximate surface area is 163 Å². The number of nitrogens with one attached hydrogen (secondary N) is 1. The van der Waals surface area contributed by atoms with Crippen LogP contribution in [0.4, 0.5) is 0 Å². The van der Waals surface area contributed by atoms with Crippen molar-refractivity contribution in [1.29, 1.82) is 0 Å². The second-order valence-electron chi connectivity index (χ2n) is 8.96. The summed E-state index contributed by atoms with van der Waals surface area (Å²) in [7, 11) is 0. The van der Waals surface area contributed by atoms with E-state index in [1.54, 1.807) is 0 Å². The number of aliphatic hydroxyl groups is 2. The number of hydrogen-bond acceptors (Lipinski definition) is 3. The summed E-state index contributed by atoms with van der Waals surface area (Å²) in [6, 6.07) is 18.6. The largest absolute Gasteiger partial charge is 0.391 e. The second-order valence-corrected chi connectivity index (χ2v) is 8.96. The highest BCUT2D eigenvalue weighted by Gasteiger charge is 2.45. The molecule has 0 spiro atoms. The Morgan fingerprint density at radius 2 is 1.52 bits per heavy atom. The van der Waals surface area contributed by atoms with Gasteiger partial charge in [0.25, 0.3) is 0 Å². The fraction of sp³-hybridized carbons (Fsp3) is 0.500. The van der Waals surface area contributed by atoms with Crippen LogP contribution in [-0.4, -0.2) is 27.9 Å². The first-order valence-electron chi connectivity index (χ1n) is 10.1. The summed E-state index contributed by atoms with van der Waals surface area (Å²) in [5.74, 6) is 0.0416. The molecule has 3 heteroatoms. The Morgan fingerprint density at radius 3 is 2.07 bits per heavy atom. The molecule has 0 amide bonds. The molecule has 1 saturated carbocycles. The van der Waals surface area contributed by atoms with Crippen molar-refractivity contribution in [2.45, 2.75) is 70.2 Å². The first kappa shape index (κ1) is 20.1. The van der Waals surface area contributed by atoms with Gasteiger partial charge in [0, 0.05) is 11.6 Å². The van der Waals surface area contributed by atoms with Crippen LogP contribution in [0.5, 0.6) is 0 Å². The minimum Gasteiger partial charge on any atom is -0.391 e. The zero-order valence-corrected chi connectivity index (χ0v) is 16.9. The number of rotatable bonds is 5. The van der Waals surface area contributed by atoms with E-state index in [1.807, 2.05) is 37.3 Å². The summed E-state index contributed by atoms with van der Waals surface area (Å²) in [5, 5.41) is 25.6. The molecule has 3 N–H and O–H groups in total. The molecule has 0 heterocycles. The maximum atomic E-state index is 11.5. The highest BCUT2D eigenvalue weighted by atomic mass is 16.3. The molecule has 2 aromatic carbocycles. The van der Waals surface area contributed by atoms with Crippen molar-refractivity contribution < 1.29 is 10.2 Å². The van der Waals surface area contributed by atoms with Gasteiger partial charge in [-0.3, -0.25) is 0 Å². The standard InChI is InChI=1S/C24H33NO2/c1-5-24(27,20-15-21(22(26)16-20)25-23(2,3)4)19-13-11-18(12-14-19)17-9-7-6-8-10-17/h6-14,20-22,25-27H,5,15-16H2,1-4H3/t20?,21-,22-,24+/m1/s1. The van der Waals surface area contributed by atoms with Gasteiger partial charge < -0.3 is 15.5 Å². The molecule has 146 valence electrons. The van der Waals surface area contributed by atoms with Crippen molar-refractivity contribution >= 4 is 0 Å². The van der Waals surface area contributed by atoms with E-state index in [-0.39, 0.29) is 17.5 Å². The third-order valence-corrected chi connectivity index (χ3v) is 5.85. The second kappa shape index (κ2) is 7.75. The molecule has 27 heavy (non-hydrogen) atoms. The molecule has 3 nitrogen and oxygen atoms in total. The van der Waals surface area contributed by atoms with Crippen molar-refractivity contribution in [3.63, 3.8) is 0 Å². The van der Waals surface area contributed by atoms with Gasteiger partial charge in [-0.25, -0.2) is 0 Å². The molecular weight excluding hydrogens is 334 g/mol. The molecule has 1 fully saturated rings. The maximum absolute atomic E-state index is 11.5. The topological polar surface area (TPSA) is 52.5 Å². The lowest BCUT2D eigenvalue weighted by atomic mass is 9.77. The lowest BCUT2D eigenvalue weighted by Gasteiger charge is -2.34. The lowest BCUT2D eigenvalue weighted by molar-refractivity contribution is -0.0301. The minimum atomic E-state index is -0.912. The van der Waals surface area contributed by atoms with Gasteiger partial charge in [0.15, 0.2) is 0 Å². The third kappa shape index (κ3) is 4.43. The van der Waals surface area contributed by atoms with Crippen molar-refractivity contribution in [3.05, 3.63) is 60.2 Å². The molecule has 1 aliphatic rings. The van der Waals surface area contributed by atoms with Crippen LogP contribution in [0.3, 0.4) is 0 Å². The Bertz CT molecular complexity index is 735. The molecule has 0 aliphatic heterocycles. The van der Waals surface area contributed by atoms with Gasteiger partial charge in [-0.1, -0.05) is 61.5 Å². The van der Waals surface area contributed by atoms with Gasteiger partial charge in [0.2, 0.25) is 0 Å². The molecule has 2 aromatic rings. The number of benzene rings is 2. The highest BCUT2D eigenvalue weighted by Crippen LogP contribution is 2.43. The maximum Gasteiger partial charge on any atom is 0.0923 e. The average Bonchev–Trinajstić information content (AvgIpc) is 3.01. The lowest BCUT2D eigenvalue weighted by Crippen LogP contribution is -2.47. The molecule has 1 aliphatic carbocycles. The third-order valence-electron chi connectivity index (χ3n) is 5.85. The van der Waals surface area contributed by atoms with Crippen LogP contribution >= 0.6 is 0 Å². The van der Waals surface area contributed by atoms with E-state index < -0.39 is 11.7 Å². The Morgan fingerprint density at radius 1 is 0.926 bits per heavy atom. The monoisotopic (exact) mass is 367 g/mol. The first-order chi connectivity index (χ1) is 12.7. The fourth-order valence-electron chi connectivity index (χ4n) is 4.43. The van der Waals surface area contributed by atoms with Crippen LogP contribution in [0.1, 0.15) is 52.5 Å². The summed E-state index contributed by atoms with van der Waals surface area (Å²) in [6.07, 6.45) is 1.62. The van der Waals surface area contributed by atoms with Crippen LogP contribution < -0.4 is 5.32 Å². The number of aliphatic hydroxyl groups excluding tert-OH is 1. The van der Waals surface area contributed by atoms with Crippen molar-refractivity contribution in [2.75, 3.05) is 0 Å². The molecule has 0 radical (unpaired) electrons. The molecule has 3 rings (SSSR count). The van der Waals surface area contributed by atoms with Crippen molar-refractivity contribution in [2.24, 2.45) is 5.92 Å². The van der Waals surface area contributed by atoms with E-state index in [0.29, 0.717) is 12.8 Å². The summed E-state index contributed by atoms with van der Waals surface area (Å²) < 4.78 is 0. The van der Waals surface area contributed by atoms with Gasteiger partial charge in [0.05, 0.1) is 11.7 Å². The van der Waals surface area contributed by atoms with E-state index in [9.17, 15) is 10.2 Å². The Balaban J connectivity index is 1.81. The van der Waals surface area contributed by atoms with Crippen LogP contribution in [0.25, 0.3) is 11.1 Å². The molecule has 0 aromatic heterocycles. The number of hydrogen-bond donors (Lipinski definition) is 3. The summed E-state index contributed by atoms with van der Waals surface area (Å²) in [5.41, 5.74) is 2.30. The van der Waals surface area contributed by atoms with E-state index in [1.165, 1.54) is 5.56 Å². The average molecular weight is 368 g/mol. The van der Waals surface area contributed by atoms with Crippen LogP contribution in [0.2, 0.25) is 0 Å². The Kier molecular flexibility index (Phi) is 5.76. The normalized spacial score (nSPS) is 25.3. The summed E-state index contributed by atoms with van der Waals surface area (Å²) in [4.78, 5) is 0. The van der Waals surface area contributed by atoms with Gasteiger partial charge in [0.1, 0.15) is 0 Å². The molecule has 4 atom stereocenters. The van der Waals surface area contributed by atoms with Gasteiger partial charge in [-0.2, -0.15) is 0 Å². The zero-order chi connectivity index (χ0) is 19.7. The van der Waals surface area contributed by atoms with Crippen LogP contribution in [0.15, 0.2) is 54.6 Å². The SMILES string of the molecule is CC[C@](O)(c1ccc(-c2ccccc2)cc1)C1C[C@@H](O)[C@H](NC(C)(C)C)C1. The predicted octanol–water partition coefficient (Wildman–Crippen LogP) is 4.48. The van der Waals surface area contributed by atoms with E-state index >= 15 is 0 Å². The van der Waals surface area contributed by atoms with Gasteiger partial charge in [-0.05, 0) is 62.6 Å². The highest BCUT2D eigenvalue weighted by molar-refractivity contribution is 5.63. The van der Waals surface area contributed by atoms with Crippen molar-refractivity contribution in [1.82, 2.24) is 5.32 Å². The van der Waals surface area contributed by atoms with Gasteiger partial charge >= 0.3 is 0 Å². The predicted molar refractivity (Wildman–Crippen MR) is 111 cm³/mol. The quantitative estimate of drug-likeness (QED) is 0.730. The molecule has 0 bridgehead atoms. The van der Waals surface area contributed by atoms with Crippen LogP contribution in [0, 0.1) is 5.92 Å². The zero-order valence-electron chi connectivity index (χ0n) is 16.9. The fourth-order valence-corrected chi connectivity index (χ4v) is 4.43. The van der Waals surface area contributed by atoms with E-state index in [2.05, 4.69) is 50.4 Å². The van der Waals surface area contributed by atoms with E-state index in [0.717, 1.165) is 17.5 Å². The first-order valence-corrected chi connectivity index (χ1v) is 10.1. The Hall–Kier alpha value is -1.68. The smallest absolute Gasteiger partial charge is 0.0923 e. The molecular formula is C24H33NO2. The van der Waals surface area contributed by atoms with E-state index in [4.69, 9.17) is 0 Å².